The normalized spacial score (nSPS) is 10.5. The highest BCUT2D eigenvalue weighted by Gasteiger charge is 2.03. The third kappa shape index (κ3) is 2.88. The van der Waals surface area contributed by atoms with E-state index >= 15 is 0 Å². The summed E-state index contributed by atoms with van der Waals surface area (Å²) >= 11 is 0. The minimum atomic E-state index is -0.411. The number of aryl methyl sites for hydroxylation is 1. The average Bonchev–Trinajstić information content (AvgIpc) is 2.93. The van der Waals surface area contributed by atoms with Crippen LogP contribution in [0.1, 0.15) is 12.7 Å². The van der Waals surface area contributed by atoms with E-state index in [4.69, 9.17) is 5.73 Å². The molecule has 3 N–H and O–H groups in total. The molecule has 0 aliphatic heterocycles. The molecule has 0 unspecified atom stereocenters. The van der Waals surface area contributed by atoms with E-state index in [1.807, 2.05) is 6.20 Å². The number of nitrogens with one attached hydrogen (secondary N) is 1. The molecule has 0 fully saturated rings. The zero-order valence-electron chi connectivity index (χ0n) is 10.2. The van der Waals surface area contributed by atoms with Crippen molar-refractivity contribution in [2.75, 3.05) is 5.32 Å². The number of anilines is 1. The number of primary amides is 1. The van der Waals surface area contributed by atoms with Gasteiger partial charge in [0, 0.05) is 25.1 Å². The Kier molecular flexibility index (Phi) is 3.61. The molecule has 0 radical (unpaired) electrons. The number of nitrogens with two attached hydrogens (primary N) is 1. The van der Waals surface area contributed by atoms with Crippen LogP contribution in [-0.2, 0) is 24.4 Å². The average molecular weight is 248 g/mol. The van der Waals surface area contributed by atoms with Gasteiger partial charge in [0.15, 0.2) is 0 Å². The molecule has 0 saturated carbocycles. The molecule has 0 atom stereocenters. The van der Waals surface area contributed by atoms with Gasteiger partial charge in [0.05, 0.1) is 18.4 Å². The van der Waals surface area contributed by atoms with Gasteiger partial charge in [-0.15, -0.1) is 0 Å². The largest absolute Gasteiger partial charge is 0.375 e. The van der Waals surface area contributed by atoms with Crippen molar-refractivity contribution >= 4 is 11.6 Å². The topological polar surface area (TPSA) is 90.8 Å². The first-order valence-corrected chi connectivity index (χ1v) is 5.73. The molecule has 0 aliphatic carbocycles. The van der Waals surface area contributed by atoms with Gasteiger partial charge in [-0.3, -0.25) is 9.48 Å². The molecule has 0 aromatic carbocycles. The van der Waals surface area contributed by atoms with Gasteiger partial charge in [-0.1, -0.05) is 0 Å². The van der Waals surface area contributed by atoms with Crippen LogP contribution in [0, 0.1) is 0 Å². The second kappa shape index (κ2) is 5.35. The lowest BCUT2D eigenvalue weighted by atomic mass is 10.5. The summed E-state index contributed by atoms with van der Waals surface area (Å²) in [5.74, 6) is 0.548. The van der Waals surface area contributed by atoms with E-state index in [1.54, 1.807) is 18.6 Å². The molecule has 0 spiro atoms. The number of carbonyl (C=O) groups excluding carboxylic acids is 1. The maximum absolute atomic E-state index is 10.7. The molecule has 7 heteroatoms. The second-order valence-electron chi connectivity index (χ2n) is 3.88. The number of carbonyl (C=O) groups is 1. The Hall–Kier alpha value is -2.31. The summed E-state index contributed by atoms with van der Waals surface area (Å²) in [5, 5.41) is 7.22. The minimum Gasteiger partial charge on any atom is -0.375 e. The molecule has 96 valence electrons. The fraction of sp³-hybridized carbons (Fsp3) is 0.364. The SMILES string of the molecule is CCn1ccnc1CNc1cnn(CC(N)=O)c1. The minimum absolute atomic E-state index is 0.0886. The Morgan fingerprint density at radius 1 is 1.56 bits per heavy atom. The number of hydrogen-bond acceptors (Lipinski definition) is 4. The Balaban J connectivity index is 1.94. The molecular weight excluding hydrogens is 232 g/mol. The van der Waals surface area contributed by atoms with E-state index in [2.05, 4.69) is 26.9 Å². The maximum atomic E-state index is 10.7. The van der Waals surface area contributed by atoms with Crippen molar-refractivity contribution in [1.29, 1.82) is 0 Å². The van der Waals surface area contributed by atoms with Gasteiger partial charge < -0.3 is 15.6 Å². The quantitative estimate of drug-likeness (QED) is 0.763. The number of rotatable bonds is 6. The van der Waals surface area contributed by atoms with Crippen molar-refractivity contribution in [3.05, 3.63) is 30.6 Å². The first kappa shape index (κ1) is 12.2. The first-order valence-electron chi connectivity index (χ1n) is 5.73. The third-order valence-electron chi connectivity index (χ3n) is 2.54. The summed E-state index contributed by atoms with van der Waals surface area (Å²) in [6, 6.07) is 0. The predicted molar refractivity (Wildman–Crippen MR) is 66.6 cm³/mol. The molecular formula is C11H16N6O. The highest BCUT2D eigenvalue weighted by molar-refractivity contribution is 5.73. The van der Waals surface area contributed by atoms with Crippen molar-refractivity contribution in [1.82, 2.24) is 19.3 Å². The van der Waals surface area contributed by atoms with Gasteiger partial charge in [0.25, 0.3) is 0 Å². The molecule has 1 amide bonds. The van der Waals surface area contributed by atoms with E-state index in [0.29, 0.717) is 6.54 Å². The lowest BCUT2D eigenvalue weighted by molar-refractivity contribution is -0.118. The number of amides is 1. The van der Waals surface area contributed by atoms with Crippen LogP contribution in [0.2, 0.25) is 0 Å². The van der Waals surface area contributed by atoms with Gasteiger partial charge in [0.1, 0.15) is 12.4 Å². The number of aromatic nitrogens is 4. The van der Waals surface area contributed by atoms with Crippen molar-refractivity contribution in [2.24, 2.45) is 5.73 Å². The van der Waals surface area contributed by atoms with Crippen LogP contribution in [0.4, 0.5) is 5.69 Å². The van der Waals surface area contributed by atoms with Gasteiger partial charge in [0.2, 0.25) is 5.91 Å². The Labute approximate surface area is 105 Å². The summed E-state index contributed by atoms with van der Waals surface area (Å²) in [7, 11) is 0. The van der Waals surface area contributed by atoms with Gasteiger partial charge in [-0.25, -0.2) is 4.98 Å². The zero-order chi connectivity index (χ0) is 13.0. The summed E-state index contributed by atoms with van der Waals surface area (Å²) in [4.78, 5) is 15.0. The van der Waals surface area contributed by atoms with Crippen molar-refractivity contribution in [3.8, 4) is 0 Å². The molecule has 2 heterocycles. The molecule has 0 bridgehead atoms. The Morgan fingerprint density at radius 2 is 2.39 bits per heavy atom. The molecule has 2 rings (SSSR count). The monoisotopic (exact) mass is 248 g/mol. The van der Waals surface area contributed by atoms with Gasteiger partial charge in [-0.2, -0.15) is 5.10 Å². The van der Waals surface area contributed by atoms with E-state index in [1.165, 1.54) is 4.68 Å². The van der Waals surface area contributed by atoms with Crippen molar-refractivity contribution < 1.29 is 4.79 Å². The summed E-state index contributed by atoms with van der Waals surface area (Å²) in [6.07, 6.45) is 7.11. The lowest BCUT2D eigenvalue weighted by Crippen LogP contribution is -2.18. The lowest BCUT2D eigenvalue weighted by Gasteiger charge is -2.05. The Morgan fingerprint density at radius 3 is 3.11 bits per heavy atom. The maximum Gasteiger partial charge on any atom is 0.239 e. The number of imidazole rings is 1. The fourth-order valence-corrected chi connectivity index (χ4v) is 1.68. The van der Waals surface area contributed by atoms with Crippen molar-refractivity contribution in [2.45, 2.75) is 26.6 Å². The molecule has 18 heavy (non-hydrogen) atoms. The van der Waals surface area contributed by atoms with Crippen LogP contribution >= 0.6 is 0 Å². The molecule has 2 aromatic rings. The van der Waals surface area contributed by atoms with E-state index < -0.39 is 5.91 Å². The smallest absolute Gasteiger partial charge is 0.239 e. The van der Waals surface area contributed by atoms with E-state index in [-0.39, 0.29) is 6.54 Å². The zero-order valence-corrected chi connectivity index (χ0v) is 10.2. The van der Waals surface area contributed by atoms with E-state index in [0.717, 1.165) is 18.1 Å². The highest BCUT2D eigenvalue weighted by Crippen LogP contribution is 2.07. The van der Waals surface area contributed by atoms with Gasteiger partial charge in [-0.05, 0) is 6.92 Å². The first-order chi connectivity index (χ1) is 8.69. The summed E-state index contributed by atoms with van der Waals surface area (Å²) in [6.45, 7) is 3.66. The van der Waals surface area contributed by atoms with Gasteiger partial charge >= 0.3 is 0 Å². The second-order valence-corrected chi connectivity index (χ2v) is 3.88. The predicted octanol–water partition coefficient (Wildman–Crippen LogP) is 0.197. The molecule has 0 aliphatic rings. The molecule has 7 nitrogen and oxygen atoms in total. The van der Waals surface area contributed by atoms with Crippen LogP contribution in [0.15, 0.2) is 24.8 Å². The van der Waals surface area contributed by atoms with Crippen LogP contribution in [-0.4, -0.2) is 25.2 Å². The standard InChI is InChI=1S/C11H16N6O/c1-2-16-4-3-13-11(16)6-14-9-5-15-17(7-9)8-10(12)18/h3-5,7,14H,2,6,8H2,1H3,(H2,12,18). The Bertz CT molecular complexity index is 529. The molecule has 0 saturated heterocycles. The van der Waals surface area contributed by atoms with Crippen LogP contribution in [0.3, 0.4) is 0 Å². The number of nitrogens with zero attached hydrogens (tertiary/aromatic N) is 4. The third-order valence-corrected chi connectivity index (χ3v) is 2.54. The number of hydrogen-bond donors (Lipinski definition) is 2. The van der Waals surface area contributed by atoms with Crippen molar-refractivity contribution in [3.63, 3.8) is 0 Å². The van der Waals surface area contributed by atoms with E-state index in [9.17, 15) is 4.79 Å². The van der Waals surface area contributed by atoms with Crippen LogP contribution in [0.5, 0.6) is 0 Å². The fourth-order valence-electron chi connectivity index (χ4n) is 1.68. The van der Waals surface area contributed by atoms with Crippen LogP contribution < -0.4 is 11.1 Å². The van der Waals surface area contributed by atoms with Crippen LogP contribution in [0.25, 0.3) is 0 Å². The summed E-state index contributed by atoms with van der Waals surface area (Å²) < 4.78 is 3.55. The summed E-state index contributed by atoms with van der Waals surface area (Å²) in [5.41, 5.74) is 5.92. The highest BCUT2D eigenvalue weighted by atomic mass is 16.1. The molecule has 2 aromatic heterocycles.